The van der Waals surface area contributed by atoms with Gasteiger partial charge in [-0.2, -0.15) is 0 Å². The molecule has 17 heavy (non-hydrogen) atoms. The standard InChI is InChI=1S/C13H18N4/c1-3-8-17-13(10-15-16-17)12-6-4-11(5-7-12)9-14-2/h4-7,10,14H,3,8-9H2,1-2H3. The van der Waals surface area contributed by atoms with Gasteiger partial charge < -0.3 is 5.32 Å². The van der Waals surface area contributed by atoms with Crippen LogP contribution < -0.4 is 5.32 Å². The summed E-state index contributed by atoms with van der Waals surface area (Å²) in [5.41, 5.74) is 3.54. The Balaban J connectivity index is 2.23. The maximum atomic E-state index is 4.10. The molecule has 0 saturated carbocycles. The number of aromatic nitrogens is 3. The summed E-state index contributed by atoms with van der Waals surface area (Å²) in [5, 5.41) is 11.2. The largest absolute Gasteiger partial charge is 0.316 e. The summed E-state index contributed by atoms with van der Waals surface area (Å²) in [6.45, 7) is 3.95. The lowest BCUT2D eigenvalue weighted by molar-refractivity contribution is 0.584. The first kappa shape index (κ1) is 11.8. The summed E-state index contributed by atoms with van der Waals surface area (Å²) in [6.07, 6.45) is 2.89. The molecule has 2 aromatic rings. The zero-order chi connectivity index (χ0) is 12.1. The summed E-state index contributed by atoms with van der Waals surface area (Å²) < 4.78 is 1.95. The van der Waals surface area contributed by atoms with E-state index in [0.29, 0.717) is 0 Å². The third-order valence-electron chi connectivity index (χ3n) is 2.68. The highest BCUT2D eigenvalue weighted by molar-refractivity contribution is 5.58. The minimum atomic E-state index is 0.896. The van der Waals surface area contributed by atoms with Gasteiger partial charge in [0.25, 0.3) is 0 Å². The van der Waals surface area contributed by atoms with Crippen LogP contribution in [0.2, 0.25) is 0 Å². The Morgan fingerprint density at radius 3 is 2.65 bits per heavy atom. The quantitative estimate of drug-likeness (QED) is 0.855. The van der Waals surface area contributed by atoms with Crippen LogP contribution >= 0.6 is 0 Å². The lowest BCUT2D eigenvalue weighted by Crippen LogP contribution is -2.05. The minimum Gasteiger partial charge on any atom is -0.316 e. The third kappa shape index (κ3) is 2.71. The summed E-state index contributed by atoms with van der Waals surface area (Å²) in [7, 11) is 1.95. The average Bonchev–Trinajstić information content (AvgIpc) is 2.79. The zero-order valence-electron chi connectivity index (χ0n) is 10.3. The van der Waals surface area contributed by atoms with Gasteiger partial charge in [0.2, 0.25) is 0 Å². The van der Waals surface area contributed by atoms with E-state index in [1.807, 2.05) is 17.9 Å². The van der Waals surface area contributed by atoms with Gasteiger partial charge in [-0.1, -0.05) is 36.4 Å². The summed E-state index contributed by atoms with van der Waals surface area (Å²) in [5.74, 6) is 0. The van der Waals surface area contributed by atoms with Gasteiger partial charge >= 0.3 is 0 Å². The van der Waals surface area contributed by atoms with Gasteiger partial charge in [-0.25, -0.2) is 4.68 Å². The van der Waals surface area contributed by atoms with Crippen molar-refractivity contribution in [3.05, 3.63) is 36.0 Å². The van der Waals surface area contributed by atoms with Crippen LogP contribution in [-0.2, 0) is 13.1 Å². The summed E-state index contributed by atoms with van der Waals surface area (Å²) in [6, 6.07) is 8.51. The lowest BCUT2D eigenvalue weighted by Gasteiger charge is -2.06. The Kier molecular flexibility index (Phi) is 3.88. The number of nitrogens with zero attached hydrogens (tertiary/aromatic N) is 3. The smallest absolute Gasteiger partial charge is 0.0885 e. The van der Waals surface area contributed by atoms with Crippen LogP contribution in [0.1, 0.15) is 18.9 Å². The Labute approximate surface area is 102 Å². The normalized spacial score (nSPS) is 10.7. The first-order chi connectivity index (χ1) is 8.35. The van der Waals surface area contributed by atoms with Crippen molar-refractivity contribution in [1.82, 2.24) is 20.3 Å². The molecule has 1 N–H and O–H groups in total. The number of nitrogens with one attached hydrogen (secondary N) is 1. The monoisotopic (exact) mass is 230 g/mol. The number of hydrogen-bond acceptors (Lipinski definition) is 3. The Bertz CT molecular complexity index is 459. The topological polar surface area (TPSA) is 42.7 Å². The molecule has 0 amide bonds. The second kappa shape index (κ2) is 5.59. The molecule has 0 spiro atoms. The van der Waals surface area contributed by atoms with Gasteiger partial charge in [0.05, 0.1) is 11.9 Å². The van der Waals surface area contributed by atoms with E-state index >= 15 is 0 Å². The van der Waals surface area contributed by atoms with Crippen molar-refractivity contribution in [2.75, 3.05) is 7.05 Å². The van der Waals surface area contributed by atoms with Gasteiger partial charge in [0.1, 0.15) is 0 Å². The van der Waals surface area contributed by atoms with Crippen LogP contribution in [0, 0.1) is 0 Å². The van der Waals surface area contributed by atoms with E-state index < -0.39 is 0 Å². The van der Waals surface area contributed by atoms with Crippen molar-refractivity contribution in [2.45, 2.75) is 26.4 Å². The number of benzene rings is 1. The number of hydrogen-bond donors (Lipinski definition) is 1. The SMILES string of the molecule is CCCn1nncc1-c1ccc(CNC)cc1. The maximum absolute atomic E-state index is 4.10. The van der Waals surface area contributed by atoms with Crippen molar-refractivity contribution < 1.29 is 0 Å². The van der Waals surface area contributed by atoms with Gasteiger partial charge in [-0.05, 0) is 19.0 Å². The molecule has 0 atom stereocenters. The zero-order valence-corrected chi connectivity index (χ0v) is 10.3. The van der Waals surface area contributed by atoms with E-state index in [2.05, 4.69) is 46.8 Å². The highest BCUT2D eigenvalue weighted by atomic mass is 15.4. The van der Waals surface area contributed by atoms with Crippen molar-refractivity contribution in [1.29, 1.82) is 0 Å². The molecular formula is C13H18N4. The molecule has 1 heterocycles. The van der Waals surface area contributed by atoms with Gasteiger partial charge in [-0.3, -0.25) is 0 Å². The molecule has 4 nitrogen and oxygen atoms in total. The molecule has 90 valence electrons. The molecule has 0 saturated heterocycles. The minimum absolute atomic E-state index is 0.896. The highest BCUT2D eigenvalue weighted by Gasteiger charge is 2.05. The van der Waals surface area contributed by atoms with E-state index in [0.717, 1.165) is 25.2 Å². The molecule has 0 fully saturated rings. The van der Waals surface area contributed by atoms with Crippen molar-refractivity contribution in [3.8, 4) is 11.3 Å². The average molecular weight is 230 g/mol. The molecule has 0 radical (unpaired) electrons. The van der Waals surface area contributed by atoms with E-state index in [4.69, 9.17) is 0 Å². The fraction of sp³-hybridized carbons (Fsp3) is 0.385. The summed E-state index contributed by atoms with van der Waals surface area (Å²) in [4.78, 5) is 0. The Morgan fingerprint density at radius 2 is 2.00 bits per heavy atom. The molecule has 0 aliphatic heterocycles. The van der Waals surface area contributed by atoms with Crippen LogP contribution in [-0.4, -0.2) is 22.0 Å². The van der Waals surface area contributed by atoms with E-state index in [9.17, 15) is 0 Å². The van der Waals surface area contributed by atoms with Crippen LogP contribution in [0.25, 0.3) is 11.3 Å². The van der Waals surface area contributed by atoms with Gasteiger partial charge in [0.15, 0.2) is 0 Å². The Morgan fingerprint density at radius 1 is 1.24 bits per heavy atom. The van der Waals surface area contributed by atoms with Crippen LogP contribution in [0.5, 0.6) is 0 Å². The molecule has 1 aromatic carbocycles. The highest BCUT2D eigenvalue weighted by Crippen LogP contribution is 2.18. The van der Waals surface area contributed by atoms with E-state index in [1.165, 1.54) is 11.1 Å². The summed E-state index contributed by atoms with van der Waals surface area (Å²) >= 11 is 0. The second-order valence-electron chi connectivity index (χ2n) is 4.07. The molecule has 4 heteroatoms. The molecule has 0 aliphatic rings. The second-order valence-corrected chi connectivity index (χ2v) is 4.07. The molecule has 0 unspecified atom stereocenters. The predicted octanol–water partition coefficient (Wildman–Crippen LogP) is 2.07. The van der Waals surface area contributed by atoms with Gasteiger partial charge in [-0.15, -0.1) is 5.10 Å². The van der Waals surface area contributed by atoms with Crippen LogP contribution in [0.3, 0.4) is 0 Å². The van der Waals surface area contributed by atoms with E-state index in [1.54, 1.807) is 0 Å². The fourth-order valence-corrected chi connectivity index (χ4v) is 1.86. The van der Waals surface area contributed by atoms with Crippen molar-refractivity contribution in [2.24, 2.45) is 0 Å². The van der Waals surface area contributed by atoms with E-state index in [-0.39, 0.29) is 0 Å². The predicted molar refractivity (Wildman–Crippen MR) is 68.5 cm³/mol. The van der Waals surface area contributed by atoms with Crippen molar-refractivity contribution in [3.63, 3.8) is 0 Å². The first-order valence-corrected chi connectivity index (χ1v) is 5.97. The van der Waals surface area contributed by atoms with Crippen LogP contribution in [0.4, 0.5) is 0 Å². The van der Waals surface area contributed by atoms with Crippen LogP contribution in [0.15, 0.2) is 30.5 Å². The molecular weight excluding hydrogens is 212 g/mol. The van der Waals surface area contributed by atoms with Crippen molar-refractivity contribution >= 4 is 0 Å². The molecule has 0 bridgehead atoms. The Hall–Kier alpha value is -1.68. The molecule has 2 rings (SSSR count). The number of rotatable bonds is 5. The maximum Gasteiger partial charge on any atom is 0.0885 e. The first-order valence-electron chi connectivity index (χ1n) is 5.97. The van der Waals surface area contributed by atoms with Gasteiger partial charge in [0, 0.05) is 18.7 Å². The third-order valence-corrected chi connectivity index (χ3v) is 2.68. The number of aryl methyl sites for hydroxylation is 1. The fourth-order valence-electron chi connectivity index (χ4n) is 1.86. The molecule has 0 aliphatic carbocycles. The lowest BCUT2D eigenvalue weighted by atomic mass is 10.1. The molecule has 1 aromatic heterocycles.